The zero-order valence-corrected chi connectivity index (χ0v) is 14.7. The molecule has 0 atom stereocenters. The second kappa shape index (κ2) is 6.15. The molecule has 1 aromatic heterocycles. The fourth-order valence-corrected chi connectivity index (χ4v) is 3.33. The number of carbonyl (C=O) groups is 1. The van der Waals surface area contributed by atoms with E-state index in [0.717, 1.165) is 22.6 Å². The van der Waals surface area contributed by atoms with E-state index in [0.29, 0.717) is 5.56 Å². The minimum atomic E-state index is -0.432. The molecule has 0 aliphatic rings. The Labute approximate surface area is 151 Å². The Kier molecular flexibility index (Phi) is 3.81. The lowest BCUT2D eigenvalue weighted by Gasteiger charge is -2.12. The van der Waals surface area contributed by atoms with Crippen LogP contribution in [0.1, 0.15) is 21.6 Å². The highest BCUT2D eigenvalue weighted by molar-refractivity contribution is 5.98. The molecule has 128 valence electrons. The Morgan fingerprint density at radius 2 is 1.62 bits per heavy atom. The molecule has 0 unspecified atom stereocenters. The maximum Gasteiger partial charge on any atom is 0.248 e. The monoisotopic (exact) mass is 341 g/mol. The first-order valence-corrected chi connectivity index (χ1v) is 8.50. The van der Waals surface area contributed by atoms with Gasteiger partial charge in [0.15, 0.2) is 0 Å². The van der Waals surface area contributed by atoms with Gasteiger partial charge in [-0.15, -0.1) is 0 Å². The second-order valence-corrected chi connectivity index (χ2v) is 6.47. The molecule has 2 N–H and O–H groups in total. The van der Waals surface area contributed by atoms with E-state index in [1.165, 1.54) is 16.3 Å². The van der Waals surface area contributed by atoms with E-state index in [9.17, 15) is 4.79 Å². The molecule has 0 fully saturated rings. The van der Waals surface area contributed by atoms with E-state index < -0.39 is 5.91 Å². The Balaban J connectivity index is 1.92. The van der Waals surface area contributed by atoms with Gasteiger partial charge in [-0.1, -0.05) is 36.4 Å². The van der Waals surface area contributed by atoms with Crippen LogP contribution in [-0.4, -0.2) is 15.7 Å². The van der Waals surface area contributed by atoms with Gasteiger partial charge in [-0.05, 0) is 60.5 Å². The van der Waals surface area contributed by atoms with Gasteiger partial charge < -0.3 is 5.73 Å². The van der Waals surface area contributed by atoms with Gasteiger partial charge in [-0.25, -0.2) is 4.68 Å². The van der Waals surface area contributed by atoms with Gasteiger partial charge in [0, 0.05) is 11.1 Å². The van der Waals surface area contributed by atoms with Crippen LogP contribution in [0.25, 0.3) is 27.7 Å². The van der Waals surface area contributed by atoms with Gasteiger partial charge in [0.25, 0.3) is 0 Å². The van der Waals surface area contributed by atoms with Gasteiger partial charge in [0.2, 0.25) is 5.91 Å². The van der Waals surface area contributed by atoms with Crippen LogP contribution in [0.3, 0.4) is 0 Å². The highest BCUT2D eigenvalue weighted by Gasteiger charge is 2.13. The molecule has 4 nitrogen and oxygen atoms in total. The number of aromatic nitrogens is 2. The molecule has 3 aromatic carbocycles. The third-order valence-corrected chi connectivity index (χ3v) is 4.65. The SMILES string of the molecule is Cc1cc(-c2ccc(C)c3ccccc23)n(-c2ccc(C(N)=O)cc2)n1. The van der Waals surface area contributed by atoms with Crippen molar-refractivity contribution in [1.82, 2.24) is 9.78 Å². The topological polar surface area (TPSA) is 60.9 Å². The summed E-state index contributed by atoms with van der Waals surface area (Å²) in [5, 5.41) is 7.09. The maximum atomic E-state index is 11.3. The number of carbonyl (C=O) groups excluding carboxylic acids is 1. The van der Waals surface area contributed by atoms with Gasteiger partial charge in [-0.3, -0.25) is 4.79 Å². The molecular formula is C22H19N3O. The van der Waals surface area contributed by atoms with Crippen molar-refractivity contribution >= 4 is 16.7 Å². The number of aryl methyl sites for hydroxylation is 2. The van der Waals surface area contributed by atoms with Crippen LogP contribution >= 0.6 is 0 Å². The number of primary amides is 1. The third kappa shape index (κ3) is 2.65. The summed E-state index contributed by atoms with van der Waals surface area (Å²) in [6.45, 7) is 4.10. The summed E-state index contributed by atoms with van der Waals surface area (Å²) in [6, 6.07) is 22.0. The fraction of sp³-hybridized carbons (Fsp3) is 0.0909. The molecule has 1 heterocycles. The summed E-state index contributed by atoms with van der Waals surface area (Å²) >= 11 is 0. The summed E-state index contributed by atoms with van der Waals surface area (Å²) in [5.74, 6) is -0.432. The smallest absolute Gasteiger partial charge is 0.248 e. The van der Waals surface area contributed by atoms with E-state index in [-0.39, 0.29) is 0 Å². The van der Waals surface area contributed by atoms with E-state index in [1.54, 1.807) is 12.1 Å². The number of rotatable bonds is 3. The predicted octanol–water partition coefficient (Wildman–Crippen LogP) is 4.41. The van der Waals surface area contributed by atoms with Crippen LogP contribution in [0.2, 0.25) is 0 Å². The lowest BCUT2D eigenvalue weighted by molar-refractivity contribution is 0.100. The van der Waals surface area contributed by atoms with Gasteiger partial charge in [-0.2, -0.15) is 5.10 Å². The number of amides is 1. The standard InChI is InChI=1S/C22H19N3O/c1-14-7-12-20(19-6-4-3-5-18(14)19)21-13-15(2)24-25(21)17-10-8-16(9-11-17)22(23)26/h3-13H,1-2H3,(H2,23,26). The summed E-state index contributed by atoms with van der Waals surface area (Å²) in [4.78, 5) is 11.3. The normalized spacial score (nSPS) is 11.0. The molecule has 4 aromatic rings. The molecular weight excluding hydrogens is 322 g/mol. The molecule has 1 amide bonds. The maximum absolute atomic E-state index is 11.3. The van der Waals surface area contributed by atoms with E-state index in [2.05, 4.69) is 54.5 Å². The van der Waals surface area contributed by atoms with E-state index in [4.69, 9.17) is 5.73 Å². The molecule has 0 aliphatic heterocycles. The average molecular weight is 341 g/mol. The minimum absolute atomic E-state index is 0.432. The largest absolute Gasteiger partial charge is 0.366 e. The van der Waals surface area contributed by atoms with Crippen molar-refractivity contribution < 1.29 is 4.79 Å². The van der Waals surface area contributed by atoms with Crippen LogP contribution in [0, 0.1) is 13.8 Å². The molecule has 4 heteroatoms. The highest BCUT2D eigenvalue weighted by Crippen LogP contribution is 2.32. The first-order chi connectivity index (χ1) is 12.5. The zero-order chi connectivity index (χ0) is 18.3. The minimum Gasteiger partial charge on any atom is -0.366 e. The fourth-order valence-electron chi connectivity index (χ4n) is 3.33. The molecule has 0 spiro atoms. The van der Waals surface area contributed by atoms with E-state index in [1.807, 2.05) is 23.7 Å². The summed E-state index contributed by atoms with van der Waals surface area (Å²) in [7, 11) is 0. The lowest BCUT2D eigenvalue weighted by atomic mass is 9.98. The molecule has 0 bridgehead atoms. The second-order valence-electron chi connectivity index (χ2n) is 6.47. The summed E-state index contributed by atoms with van der Waals surface area (Å²) in [5.41, 5.74) is 11.1. The molecule has 0 aliphatic carbocycles. The highest BCUT2D eigenvalue weighted by atomic mass is 16.1. The average Bonchev–Trinajstić information content (AvgIpc) is 3.04. The first kappa shape index (κ1) is 16.1. The Bertz CT molecular complexity index is 1120. The van der Waals surface area contributed by atoms with Crippen molar-refractivity contribution in [1.29, 1.82) is 0 Å². The van der Waals surface area contributed by atoms with Crippen molar-refractivity contribution in [3.8, 4) is 16.9 Å². The summed E-state index contributed by atoms with van der Waals surface area (Å²) < 4.78 is 1.91. The van der Waals surface area contributed by atoms with Crippen molar-refractivity contribution in [3.63, 3.8) is 0 Å². The quantitative estimate of drug-likeness (QED) is 0.600. The zero-order valence-electron chi connectivity index (χ0n) is 14.7. The number of nitrogens with zero attached hydrogens (tertiary/aromatic N) is 2. The Hall–Kier alpha value is -3.40. The number of hydrogen-bond acceptors (Lipinski definition) is 2. The Morgan fingerprint density at radius 1 is 0.923 bits per heavy atom. The molecule has 26 heavy (non-hydrogen) atoms. The number of fused-ring (bicyclic) bond motifs is 1. The Morgan fingerprint density at radius 3 is 2.31 bits per heavy atom. The number of hydrogen-bond donors (Lipinski definition) is 1. The molecule has 4 rings (SSSR count). The van der Waals surface area contributed by atoms with Crippen molar-refractivity contribution in [2.45, 2.75) is 13.8 Å². The van der Waals surface area contributed by atoms with Crippen LogP contribution in [0.5, 0.6) is 0 Å². The molecule has 0 saturated carbocycles. The first-order valence-electron chi connectivity index (χ1n) is 8.50. The van der Waals surface area contributed by atoms with Crippen LogP contribution in [-0.2, 0) is 0 Å². The predicted molar refractivity (Wildman–Crippen MR) is 104 cm³/mol. The van der Waals surface area contributed by atoms with Crippen molar-refractivity contribution in [2.75, 3.05) is 0 Å². The van der Waals surface area contributed by atoms with Gasteiger partial charge in [0.1, 0.15) is 0 Å². The van der Waals surface area contributed by atoms with E-state index >= 15 is 0 Å². The van der Waals surface area contributed by atoms with Gasteiger partial charge >= 0.3 is 0 Å². The van der Waals surface area contributed by atoms with Crippen molar-refractivity contribution in [2.24, 2.45) is 5.73 Å². The third-order valence-electron chi connectivity index (χ3n) is 4.65. The van der Waals surface area contributed by atoms with Crippen molar-refractivity contribution in [3.05, 3.63) is 83.6 Å². The van der Waals surface area contributed by atoms with Crippen LogP contribution in [0.15, 0.2) is 66.7 Å². The lowest BCUT2D eigenvalue weighted by Crippen LogP contribution is -2.10. The summed E-state index contributed by atoms with van der Waals surface area (Å²) in [6.07, 6.45) is 0. The van der Waals surface area contributed by atoms with Gasteiger partial charge in [0.05, 0.1) is 17.1 Å². The van der Waals surface area contributed by atoms with Crippen LogP contribution in [0.4, 0.5) is 0 Å². The number of nitrogens with two attached hydrogens (primary N) is 1. The molecule has 0 radical (unpaired) electrons. The molecule has 0 saturated heterocycles. The number of benzene rings is 3. The van der Waals surface area contributed by atoms with Crippen LogP contribution < -0.4 is 5.73 Å².